The molecule has 2 rings (SSSR count). The smallest absolute Gasteiger partial charge is 0.210 e. The Morgan fingerprint density at radius 1 is 1.53 bits per heavy atom. The summed E-state index contributed by atoms with van der Waals surface area (Å²) in [6.45, 7) is 0. The summed E-state index contributed by atoms with van der Waals surface area (Å²) in [6.07, 6.45) is 2.22. The van der Waals surface area contributed by atoms with Crippen molar-refractivity contribution in [2.24, 2.45) is 10.8 Å². The van der Waals surface area contributed by atoms with Gasteiger partial charge in [0.2, 0.25) is 5.96 Å². The maximum absolute atomic E-state index is 6.06. The van der Waals surface area contributed by atoms with E-state index in [2.05, 4.69) is 15.7 Å². The van der Waals surface area contributed by atoms with Gasteiger partial charge in [-0.1, -0.05) is 11.6 Å². The molecule has 0 bridgehead atoms. The van der Waals surface area contributed by atoms with Crippen LogP contribution in [0.5, 0.6) is 5.75 Å². The Morgan fingerprint density at radius 3 is 2.88 bits per heavy atom. The van der Waals surface area contributed by atoms with Crippen molar-refractivity contribution in [1.29, 1.82) is 0 Å². The average Bonchev–Trinajstić information content (AvgIpc) is 3.14. The fraction of sp³-hybridized carbons (Fsp3) is 0.364. The van der Waals surface area contributed by atoms with Crippen LogP contribution in [0.25, 0.3) is 0 Å². The molecule has 0 atom stereocenters. The number of rotatable bonds is 3. The van der Waals surface area contributed by atoms with Crippen LogP contribution in [0.3, 0.4) is 0 Å². The number of halogens is 1. The quantitative estimate of drug-likeness (QED) is 0.333. The molecule has 0 amide bonds. The SMILES string of the molecule is COc1ccc(Cl)c(NC(=NC2CC2)NN)c1. The number of nitrogens with two attached hydrogens (primary N) is 1. The third-order valence-electron chi connectivity index (χ3n) is 2.42. The van der Waals surface area contributed by atoms with Gasteiger partial charge in [0.05, 0.1) is 23.9 Å². The van der Waals surface area contributed by atoms with Gasteiger partial charge < -0.3 is 10.1 Å². The first-order valence-corrected chi connectivity index (χ1v) is 5.75. The summed E-state index contributed by atoms with van der Waals surface area (Å²) in [5.41, 5.74) is 3.24. The van der Waals surface area contributed by atoms with E-state index < -0.39 is 0 Å². The van der Waals surface area contributed by atoms with Crippen LogP contribution in [0.2, 0.25) is 5.02 Å². The highest BCUT2D eigenvalue weighted by Crippen LogP contribution is 2.27. The molecule has 0 saturated heterocycles. The third kappa shape index (κ3) is 3.25. The van der Waals surface area contributed by atoms with E-state index in [0.29, 0.717) is 22.7 Å². The van der Waals surface area contributed by atoms with Gasteiger partial charge in [0, 0.05) is 6.07 Å². The molecular weight excluding hydrogens is 240 g/mol. The highest BCUT2D eigenvalue weighted by atomic mass is 35.5. The van der Waals surface area contributed by atoms with Gasteiger partial charge >= 0.3 is 0 Å². The minimum Gasteiger partial charge on any atom is -0.497 e. The Labute approximate surface area is 105 Å². The largest absolute Gasteiger partial charge is 0.497 e. The lowest BCUT2D eigenvalue weighted by Crippen LogP contribution is -2.36. The highest BCUT2D eigenvalue weighted by molar-refractivity contribution is 6.33. The molecule has 1 fully saturated rings. The van der Waals surface area contributed by atoms with Gasteiger partial charge in [0.25, 0.3) is 0 Å². The lowest BCUT2D eigenvalue weighted by atomic mass is 10.3. The summed E-state index contributed by atoms with van der Waals surface area (Å²) in [5.74, 6) is 6.64. The zero-order valence-corrected chi connectivity index (χ0v) is 10.3. The van der Waals surface area contributed by atoms with Gasteiger partial charge in [-0.2, -0.15) is 0 Å². The molecule has 17 heavy (non-hydrogen) atoms. The van der Waals surface area contributed by atoms with Gasteiger partial charge in [-0.05, 0) is 25.0 Å². The summed E-state index contributed by atoms with van der Waals surface area (Å²) >= 11 is 6.06. The molecule has 1 aromatic carbocycles. The van der Waals surface area contributed by atoms with Crippen LogP contribution < -0.4 is 21.3 Å². The van der Waals surface area contributed by atoms with E-state index in [9.17, 15) is 0 Å². The van der Waals surface area contributed by atoms with Gasteiger partial charge in [0.15, 0.2) is 0 Å². The monoisotopic (exact) mass is 254 g/mol. The molecule has 0 radical (unpaired) electrons. The fourth-order valence-corrected chi connectivity index (χ4v) is 1.51. The second-order valence-electron chi connectivity index (χ2n) is 3.82. The number of nitrogens with one attached hydrogen (secondary N) is 2. The van der Waals surface area contributed by atoms with Crippen molar-refractivity contribution in [3.8, 4) is 5.75 Å². The number of benzene rings is 1. The first-order valence-electron chi connectivity index (χ1n) is 5.38. The standard InChI is InChI=1S/C11H15ClN4O/c1-17-8-4-5-9(12)10(6-8)15-11(16-13)14-7-2-3-7/h4-7H,2-3,13H2,1H3,(H2,14,15,16). The Hall–Kier alpha value is -1.46. The first kappa shape index (κ1) is 12.0. The molecule has 6 heteroatoms. The summed E-state index contributed by atoms with van der Waals surface area (Å²) in [4.78, 5) is 4.37. The fourth-order valence-electron chi connectivity index (χ4n) is 1.35. The van der Waals surface area contributed by atoms with Gasteiger partial charge in [-0.15, -0.1) is 0 Å². The predicted molar refractivity (Wildman–Crippen MR) is 69.4 cm³/mol. The molecule has 4 N–H and O–H groups in total. The van der Waals surface area contributed by atoms with Crippen molar-refractivity contribution in [3.63, 3.8) is 0 Å². The minimum atomic E-state index is 0.373. The zero-order chi connectivity index (χ0) is 12.3. The molecule has 0 aromatic heterocycles. The van der Waals surface area contributed by atoms with E-state index >= 15 is 0 Å². The first-order chi connectivity index (χ1) is 8.22. The summed E-state index contributed by atoms with van der Waals surface area (Å²) in [7, 11) is 1.60. The van der Waals surface area contributed by atoms with Crippen LogP contribution in [-0.2, 0) is 0 Å². The van der Waals surface area contributed by atoms with E-state index in [4.69, 9.17) is 22.2 Å². The lowest BCUT2D eigenvalue weighted by Gasteiger charge is -2.11. The van der Waals surface area contributed by atoms with Crippen LogP contribution >= 0.6 is 11.6 Å². The van der Waals surface area contributed by atoms with Crippen molar-refractivity contribution < 1.29 is 4.74 Å². The summed E-state index contributed by atoms with van der Waals surface area (Å²) < 4.78 is 5.13. The van der Waals surface area contributed by atoms with Crippen LogP contribution in [0, 0.1) is 0 Å². The summed E-state index contributed by atoms with van der Waals surface area (Å²) in [5, 5.41) is 3.63. The molecule has 0 unspecified atom stereocenters. The van der Waals surface area contributed by atoms with E-state index in [1.54, 1.807) is 25.3 Å². The van der Waals surface area contributed by atoms with Crippen LogP contribution in [0.15, 0.2) is 23.2 Å². The molecule has 0 heterocycles. The maximum Gasteiger partial charge on any atom is 0.210 e. The number of aliphatic imine (C=N–C) groups is 1. The van der Waals surface area contributed by atoms with E-state index in [1.807, 2.05) is 0 Å². The molecule has 1 aliphatic carbocycles. The molecule has 1 saturated carbocycles. The second-order valence-corrected chi connectivity index (χ2v) is 4.23. The van der Waals surface area contributed by atoms with Crippen molar-refractivity contribution >= 4 is 23.2 Å². The number of ether oxygens (including phenoxy) is 1. The van der Waals surface area contributed by atoms with E-state index in [-0.39, 0.29) is 0 Å². The van der Waals surface area contributed by atoms with Crippen LogP contribution in [0.4, 0.5) is 5.69 Å². The highest BCUT2D eigenvalue weighted by Gasteiger charge is 2.21. The molecule has 1 aliphatic rings. The van der Waals surface area contributed by atoms with Crippen molar-refractivity contribution in [2.75, 3.05) is 12.4 Å². The van der Waals surface area contributed by atoms with Gasteiger partial charge in [0.1, 0.15) is 5.75 Å². The lowest BCUT2D eigenvalue weighted by molar-refractivity contribution is 0.415. The van der Waals surface area contributed by atoms with Crippen molar-refractivity contribution in [1.82, 2.24) is 5.43 Å². The number of guanidine groups is 1. The second kappa shape index (κ2) is 5.25. The number of nitrogens with zero attached hydrogens (tertiary/aromatic N) is 1. The number of hydrazine groups is 1. The van der Waals surface area contributed by atoms with Crippen molar-refractivity contribution in [2.45, 2.75) is 18.9 Å². The van der Waals surface area contributed by atoms with Gasteiger partial charge in [-0.3, -0.25) is 5.43 Å². The van der Waals surface area contributed by atoms with E-state index in [0.717, 1.165) is 18.6 Å². The Balaban J connectivity index is 2.15. The topological polar surface area (TPSA) is 71.7 Å². The molecule has 0 spiro atoms. The minimum absolute atomic E-state index is 0.373. The van der Waals surface area contributed by atoms with Crippen LogP contribution in [0.1, 0.15) is 12.8 Å². The number of hydrogen-bond acceptors (Lipinski definition) is 3. The predicted octanol–water partition coefficient (Wildman–Crippen LogP) is 1.74. The Kier molecular flexibility index (Phi) is 3.71. The molecule has 0 aliphatic heterocycles. The normalized spacial score (nSPS) is 15.6. The molecule has 5 nitrogen and oxygen atoms in total. The summed E-state index contributed by atoms with van der Waals surface area (Å²) in [6, 6.07) is 5.72. The Morgan fingerprint density at radius 2 is 2.29 bits per heavy atom. The molecule has 92 valence electrons. The zero-order valence-electron chi connectivity index (χ0n) is 9.53. The Bertz CT molecular complexity index is 431. The number of methoxy groups -OCH3 is 1. The average molecular weight is 255 g/mol. The van der Waals surface area contributed by atoms with Gasteiger partial charge in [-0.25, -0.2) is 10.8 Å². The maximum atomic E-state index is 6.06. The van der Waals surface area contributed by atoms with Crippen molar-refractivity contribution in [3.05, 3.63) is 23.2 Å². The number of anilines is 1. The third-order valence-corrected chi connectivity index (χ3v) is 2.75. The molecule has 1 aromatic rings. The van der Waals surface area contributed by atoms with Crippen LogP contribution in [-0.4, -0.2) is 19.1 Å². The molecular formula is C11H15ClN4O. The number of hydrogen-bond donors (Lipinski definition) is 3. The van der Waals surface area contributed by atoms with E-state index in [1.165, 1.54) is 0 Å².